The maximum absolute atomic E-state index is 2.28. The molecule has 0 atom stereocenters. The zero-order chi connectivity index (χ0) is 16.1. The van der Waals surface area contributed by atoms with Crippen molar-refractivity contribution in [3.63, 3.8) is 0 Å². The number of benzene rings is 3. The van der Waals surface area contributed by atoms with Gasteiger partial charge in [0.1, 0.15) is 0 Å². The van der Waals surface area contributed by atoms with Gasteiger partial charge in [0.05, 0.1) is 0 Å². The molecule has 23 heavy (non-hydrogen) atoms. The quantitative estimate of drug-likeness (QED) is 0.536. The van der Waals surface area contributed by atoms with Gasteiger partial charge in [0.15, 0.2) is 0 Å². The van der Waals surface area contributed by atoms with Crippen molar-refractivity contribution in [3.8, 4) is 11.1 Å². The van der Waals surface area contributed by atoms with E-state index in [2.05, 4.69) is 86.6 Å². The fourth-order valence-electron chi connectivity index (χ4n) is 3.33. The standard InChI is InChI=1S/C23H24/c1-3-18-11-8-9-14-21(18)17-23-19(4-2)15-10-16-22(23)20-12-6-5-7-13-20/h5-16H,3-4,17H2,1-2H3. The monoisotopic (exact) mass is 300 g/mol. The fraction of sp³-hybridized carbons (Fsp3) is 0.217. The zero-order valence-corrected chi connectivity index (χ0v) is 14.0. The highest BCUT2D eigenvalue weighted by molar-refractivity contribution is 5.69. The second-order valence-corrected chi connectivity index (χ2v) is 5.96. The van der Waals surface area contributed by atoms with E-state index in [9.17, 15) is 0 Å². The van der Waals surface area contributed by atoms with E-state index in [0.717, 1.165) is 19.3 Å². The second kappa shape index (κ2) is 7.28. The molecule has 0 unspecified atom stereocenters. The van der Waals surface area contributed by atoms with Gasteiger partial charge in [-0.25, -0.2) is 0 Å². The molecular weight excluding hydrogens is 276 g/mol. The van der Waals surface area contributed by atoms with E-state index in [1.807, 2.05) is 0 Å². The summed E-state index contributed by atoms with van der Waals surface area (Å²) >= 11 is 0. The van der Waals surface area contributed by atoms with Crippen LogP contribution in [-0.2, 0) is 19.3 Å². The van der Waals surface area contributed by atoms with Crippen molar-refractivity contribution >= 4 is 0 Å². The van der Waals surface area contributed by atoms with Gasteiger partial charge in [0, 0.05) is 0 Å². The molecule has 0 fully saturated rings. The lowest BCUT2D eigenvalue weighted by atomic mass is 9.88. The van der Waals surface area contributed by atoms with E-state index in [1.165, 1.54) is 33.4 Å². The first-order valence-corrected chi connectivity index (χ1v) is 8.56. The molecule has 0 heterocycles. The van der Waals surface area contributed by atoms with Crippen molar-refractivity contribution in [2.24, 2.45) is 0 Å². The van der Waals surface area contributed by atoms with Crippen LogP contribution >= 0.6 is 0 Å². The van der Waals surface area contributed by atoms with Gasteiger partial charge < -0.3 is 0 Å². The summed E-state index contributed by atoms with van der Waals surface area (Å²) in [5.41, 5.74) is 8.52. The molecule has 0 spiro atoms. The Kier molecular flexibility index (Phi) is 4.92. The predicted octanol–water partition coefficient (Wildman–Crippen LogP) is 6.07. The van der Waals surface area contributed by atoms with Crippen LogP contribution in [0.5, 0.6) is 0 Å². The molecule has 3 aromatic rings. The Morgan fingerprint density at radius 1 is 0.565 bits per heavy atom. The van der Waals surface area contributed by atoms with Gasteiger partial charge in [-0.05, 0) is 52.6 Å². The first-order chi connectivity index (χ1) is 11.3. The Labute approximate surface area is 139 Å². The van der Waals surface area contributed by atoms with Crippen LogP contribution in [0.15, 0.2) is 72.8 Å². The molecule has 3 aromatic carbocycles. The van der Waals surface area contributed by atoms with Gasteiger partial charge in [0.2, 0.25) is 0 Å². The molecule has 0 aliphatic carbocycles. The molecular formula is C23H24. The summed E-state index contributed by atoms with van der Waals surface area (Å²) in [4.78, 5) is 0. The van der Waals surface area contributed by atoms with E-state index >= 15 is 0 Å². The van der Waals surface area contributed by atoms with E-state index < -0.39 is 0 Å². The molecule has 116 valence electrons. The lowest BCUT2D eigenvalue weighted by Gasteiger charge is -2.16. The summed E-state index contributed by atoms with van der Waals surface area (Å²) in [6, 6.07) is 26.3. The highest BCUT2D eigenvalue weighted by Crippen LogP contribution is 2.29. The van der Waals surface area contributed by atoms with E-state index in [1.54, 1.807) is 0 Å². The highest BCUT2D eigenvalue weighted by Gasteiger charge is 2.11. The Balaban J connectivity index is 2.10. The molecule has 0 amide bonds. The minimum Gasteiger partial charge on any atom is -0.0622 e. The summed E-state index contributed by atoms with van der Waals surface area (Å²) in [5.74, 6) is 0. The maximum atomic E-state index is 2.28. The van der Waals surface area contributed by atoms with Crippen LogP contribution in [0.1, 0.15) is 36.1 Å². The highest BCUT2D eigenvalue weighted by atomic mass is 14.2. The molecule has 0 saturated carbocycles. The first-order valence-electron chi connectivity index (χ1n) is 8.56. The zero-order valence-electron chi connectivity index (χ0n) is 14.0. The Hall–Kier alpha value is -2.34. The third kappa shape index (κ3) is 3.37. The normalized spacial score (nSPS) is 10.7. The topological polar surface area (TPSA) is 0 Å². The molecule has 0 N–H and O–H groups in total. The van der Waals surface area contributed by atoms with Gasteiger partial charge in [-0.3, -0.25) is 0 Å². The minimum atomic E-state index is 1.01. The number of aryl methyl sites for hydroxylation is 2. The van der Waals surface area contributed by atoms with Crippen LogP contribution in [0.25, 0.3) is 11.1 Å². The largest absolute Gasteiger partial charge is 0.0622 e. The first kappa shape index (κ1) is 15.6. The van der Waals surface area contributed by atoms with Crippen LogP contribution < -0.4 is 0 Å². The second-order valence-electron chi connectivity index (χ2n) is 5.96. The Bertz CT molecular complexity index is 769. The summed E-state index contributed by atoms with van der Waals surface area (Å²) in [7, 11) is 0. The predicted molar refractivity (Wildman–Crippen MR) is 99.9 cm³/mol. The summed E-state index contributed by atoms with van der Waals surface area (Å²) < 4.78 is 0. The average Bonchev–Trinajstić information content (AvgIpc) is 2.63. The number of hydrogen-bond donors (Lipinski definition) is 0. The fourth-order valence-corrected chi connectivity index (χ4v) is 3.33. The number of rotatable bonds is 5. The van der Waals surface area contributed by atoms with Crippen molar-refractivity contribution in [1.29, 1.82) is 0 Å². The van der Waals surface area contributed by atoms with Gasteiger partial charge in [0.25, 0.3) is 0 Å². The Morgan fingerprint density at radius 2 is 1.17 bits per heavy atom. The van der Waals surface area contributed by atoms with E-state index in [-0.39, 0.29) is 0 Å². The minimum absolute atomic E-state index is 1.01. The molecule has 0 bridgehead atoms. The lowest BCUT2D eigenvalue weighted by molar-refractivity contribution is 1.03. The van der Waals surface area contributed by atoms with Gasteiger partial charge in [-0.1, -0.05) is 86.6 Å². The lowest BCUT2D eigenvalue weighted by Crippen LogP contribution is -2.01. The van der Waals surface area contributed by atoms with Crippen molar-refractivity contribution in [1.82, 2.24) is 0 Å². The van der Waals surface area contributed by atoms with E-state index in [4.69, 9.17) is 0 Å². The van der Waals surface area contributed by atoms with Crippen molar-refractivity contribution in [2.45, 2.75) is 33.1 Å². The van der Waals surface area contributed by atoms with Crippen LogP contribution in [0, 0.1) is 0 Å². The number of hydrogen-bond acceptors (Lipinski definition) is 0. The van der Waals surface area contributed by atoms with E-state index in [0.29, 0.717) is 0 Å². The molecule has 0 aromatic heterocycles. The third-order valence-corrected chi connectivity index (χ3v) is 4.61. The summed E-state index contributed by atoms with van der Waals surface area (Å²) in [6.45, 7) is 4.49. The molecule has 0 radical (unpaired) electrons. The van der Waals surface area contributed by atoms with Gasteiger partial charge in [-0.2, -0.15) is 0 Å². The maximum Gasteiger partial charge on any atom is -0.00142 e. The van der Waals surface area contributed by atoms with Crippen molar-refractivity contribution in [3.05, 3.63) is 95.1 Å². The molecule has 0 nitrogen and oxygen atoms in total. The van der Waals surface area contributed by atoms with Crippen LogP contribution in [0.2, 0.25) is 0 Å². The molecule has 3 rings (SSSR count). The SMILES string of the molecule is CCc1ccccc1Cc1c(CC)cccc1-c1ccccc1. The smallest absolute Gasteiger partial charge is 0.00142 e. The van der Waals surface area contributed by atoms with Gasteiger partial charge in [-0.15, -0.1) is 0 Å². The third-order valence-electron chi connectivity index (χ3n) is 4.61. The van der Waals surface area contributed by atoms with Crippen molar-refractivity contribution < 1.29 is 0 Å². The summed E-state index contributed by atoms with van der Waals surface area (Å²) in [5, 5.41) is 0. The van der Waals surface area contributed by atoms with Crippen LogP contribution in [-0.4, -0.2) is 0 Å². The van der Waals surface area contributed by atoms with Crippen LogP contribution in [0.4, 0.5) is 0 Å². The average molecular weight is 300 g/mol. The summed E-state index contributed by atoms with van der Waals surface area (Å²) in [6.07, 6.45) is 3.17. The van der Waals surface area contributed by atoms with Gasteiger partial charge >= 0.3 is 0 Å². The van der Waals surface area contributed by atoms with Crippen molar-refractivity contribution in [2.75, 3.05) is 0 Å². The molecule has 0 aliphatic heterocycles. The molecule has 0 heteroatoms. The molecule has 0 aliphatic rings. The van der Waals surface area contributed by atoms with Crippen LogP contribution in [0.3, 0.4) is 0 Å². The molecule has 0 saturated heterocycles. The Morgan fingerprint density at radius 3 is 1.87 bits per heavy atom.